The Labute approximate surface area is 185 Å². The maximum Gasteiger partial charge on any atom is 0.295 e. The SMILES string of the molecule is CCc1ccc(/C(O)=C2/C(=O)C(=O)N(CCc3ccc(F)cc3)C2c2ccccn2)cc1. The van der Waals surface area contributed by atoms with E-state index in [1.54, 1.807) is 48.7 Å². The van der Waals surface area contributed by atoms with Crippen molar-refractivity contribution in [2.75, 3.05) is 6.54 Å². The Morgan fingerprint density at radius 2 is 1.69 bits per heavy atom. The van der Waals surface area contributed by atoms with Gasteiger partial charge in [0.15, 0.2) is 0 Å². The van der Waals surface area contributed by atoms with E-state index in [4.69, 9.17) is 0 Å². The van der Waals surface area contributed by atoms with Gasteiger partial charge in [0.25, 0.3) is 11.7 Å². The van der Waals surface area contributed by atoms with E-state index in [-0.39, 0.29) is 23.7 Å². The summed E-state index contributed by atoms with van der Waals surface area (Å²) in [6.45, 7) is 2.26. The highest BCUT2D eigenvalue weighted by Gasteiger charge is 2.46. The van der Waals surface area contributed by atoms with E-state index < -0.39 is 17.7 Å². The average molecular weight is 430 g/mol. The van der Waals surface area contributed by atoms with Gasteiger partial charge in [0, 0.05) is 18.3 Å². The summed E-state index contributed by atoms with van der Waals surface area (Å²) < 4.78 is 13.2. The Morgan fingerprint density at radius 3 is 2.31 bits per heavy atom. The number of Topliss-reactive ketones (excluding diaryl/α,β-unsaturated/α-hetero) is 1. The molecule has 5 nitrogen and oxygen atoms in total. The zero-order valence-electron chi connectivity index (χ0n) is 17.7. The largest absolute Gasteiger partial charge is 0.507 e. The molecule has 0 saturated carbocycles. The summed E-state index contributed by atoms with van der Waals surface area (Å²) in [4.78, 5) is 31.8. The number of benzene rings is 2. The molecule has 1 saturated heterocycles. The number of ketones is 1. The number of likely N-dealkylation sites (tertiary alicyclic amines) is 1. The molecule has 6 heteroatoms. The lowest BCUT2D eigenvalue weighted by Crippen LogP contribution is -2.32. The summed E-state index contributed by atoms with van der Waals surface area (Å²) in [6.07, 6.45) is 2.87. The molecule has 3 aromatic rings. The first-order chi connectivity index (χ1) is 15.5. The van der Waals surface area contributed by atoms with Crippen molar-refractivity contribution in [2.45, 2.75) is 25.8 Å². The fourth-order valence-electron chi connectivity index (χ4n) is 3.91. The van der Waals surface area contributed by atoms with Crippen LogP contribution in [0.2, 0.25) is 0 Å². The third-order valence-electron chi connectivity index (χ3n) is 5.70. The minimum absolute atomic E-state index is 0.0251. The predicted octanol–water partition coefficient (Wildman–Crippen LogP) is 4.45. The number of aliphatic hydroxyl groups excluding tert-OH is 1. The fourth-order valence-corrected chi connectivity index (χ4v) is 3.91. The number of amides is 1. The number of nitrogens with zero attached hydrogens (tertiary/aromatic N) is 2. The first-order valence-electron chi connectivity index (χ1n) is 10.5. The van der Waals surface area contributed by atoms with Gasteiger partial charge >= 0.3 is 0 Å². The minimum Gasteiger partial charge on any atom is -0.507 e. The molecule has 0 aliphatic carbocycles. The van der Waals surface area contributed by atoms with Gasteiger partial charge in [0.1, 0.15) is 17.6 Å². The Morgan fingerprint density at radius 1 is 1.00 bits per heavy atom. The predicted molar refractivity (Wildman–Crippen MR) is 119 cm³/mol. The maximum atomic E-state index is 13.2. The van der Waals surface area contributed by atoms with Crippen LogP contribution in [0.3, 0.4) is 0 Å². The number of aliphatic hydroxyl groups is 1. The normalized spacial score (nSPS) is 17.7. The summed E-state index contributed by atoms with van der Waals surface area (Å²) >= 11 is 0. The van der Waals surface area contributed by atoms with Gasteiger partial charge in [-0.1, -0.05) is 49.4 Å². The lowest BCUT2D eigenvalue weighted by Gasteiger charge is -2.24. The van der Waals surface area contributed by atoms with E-state index in [1.807, 2.05) is 19.1 Å². The Hall–Kier alpha value is -3.80. The third kappa shape index (κ3) is 4.17. The van der Waals surface area contributed by atoms with Crippen molar-refractivity contribution >= 4 is 17.4 Å². The number of halogens is 1. The van der Waals surface area contributed by atoms with Gasteiger partial charge in [-0.25, -0.2) is 4.39 Å². The van der Waals surface area contributed by atoms with Crippen LogP contribution in [0.4, 0.5) is 4.39 Å². The summed E-state index contributed by atoms with van der Waals surface area (Å²) in [7, 11) is 0. The number of pyridine rings is 1. The molecular formula is C26H23FN2O3. The summed E-state index contributed by atoms with van der Waals surface area (Å²) in [6, 6.07) is 17.7. The molecule has 1 amide bonds. The molecule has 0 spiro atoms. The molecule has 2 heterocycles. The molecule has 162 valence electrons. The van der Waals surface area contributed by atoms with Crippen LogP contribution in [0.5, 0.6) is 0 Å². The van der Waals surface area contributed by atoms with E-state index in [9.17, 15) is 19.1 Å². The number of rotatable bonds is 6. The summed E-state index contributed by atoms with van der Waals surface area (Å²) in [5.41, 5.74) is 2.93. The van der Waals surface area contributed by atoms with Crippen LogP contribution in [0.15, 0.2) is 78.5 Å². The van der Waals surface area contributed by atoms with Crippen molar-refractivity contribution in [3.8, 4) is 0 Å². The molecular weight excluding hydrogens is 407 g/mol. The quantitative estimate of drug-likeness (QED) is 0.356. The van der Waals surface area contributed by atoms with Crippen molar-refractivity contribution < 1.29 is 19.1 Å². The summed E-state index contributed by atoms with van der Waals surface area (Å²) in [5, 5.41) is 11.0. The van der Waals surface area contributed by atoms with Crippen molar-refractivity contribution in [3.05, 3.63) is 107 Å². The van der Waals surface area contributed by atoms with Gasteiger partial charge in [-0.05, 0) is 48.2 Å². The van der Waals surface area contributed by atoms with E-state index in [0.29, 0.717) is 17.7 Å². The smallest absolute Gasteiger partial charge is 0.295 e. The van der Waals surface area contributed by atoms with Gasteiger partial charge in [-0.3, -0.25) is 14.6 Å². The van der Waals surface area contributed by atoms with Gasteiger partial charge in [0.05, 0.1) is 11.3 Å². The van der Waals surface area contributed by atoms with Gasteiger partial charge in [-0.15, -0.1) is 0 Å². The van der Waals surface area contributed by atoms with E-state index in [2.05, 4.69) is 4.98 Å². The van der Waals surface area contributed by atoms with Crippen LogP contribution in [-0.4, -0.2) is 33.2 Å². The monoisotopic (exact) mass is 430 g/mol. The number of hydrogen-bond acceptors (Lipinski definition) is 4. The molecule has 1 N–H and O–H groups in total. The van der Waals surface area contributed by atoms with Crippen LogP contribution >= 0.6 is 0 Å². The molecule has 2 aromatic carbocycles. The lowest BCUT2D eigenvalue weighted by atomic mass is 9.97. The Bertz CT molecular complexity index is 1160. The van der Waals surface area contributed by atoms with Crippen LogP contribution in [-0.2, 0) is 22.4 Å². The number of aromatic nitrogens is 1. The molecule has 4 rings (SSSR count). The zero-order chi connectivity index (χ0) is 22.7. The van der Waals surface area contributed by atoms with Gasteiger partial charge < -0.3 is 10.0 Å². The molecule has 0 bridgehead atoms. The molecule has 1 fully saturated rings. The lowest BCUT2D eigenvalue weighted by molar-refractivity contribution is -0.139. The first-order valence-corrected chi connectivity index (χ1v) is 10.5. The van der Waals surface area contributed by atoms with Gasteiger partial charge in [-0.2, -0.15) is 0 Å². The van der Waals surface area contributed by atoms with Crippen LogP contribution in [0.25, 0.3) is 5.76 Å². The van der Waals surface area contributed by atoms with Crippen molar-refractivity contribution in [1.82, 2.24) is 9.88 Å². The first kappa shape index (κ1) is 21.4. The maximum absolute atomic E-state index is 13.2. The van der Waals surface area contributed by atoms with Crippen LogP contribution < -0.4 is 0 Å². The zero-order valence-corrected chi connectivity index (χ0v) is 17.7. The molecule has 1 aliphatic rings. The van der Waals surface area contributed by atoms with Crippen molar-refractivity contribution in [1.29, 1.82) is 0 Å². The number of carbonyl (C=O) groups is 2. The molecule has 1 unspecified atom stereocenters. The average Bonchev–Trinajstić information content (AvgIpc) is 3.08. The number of hydrogen-bond donors (Lipinski definition) is 1. The number of aryl methyl sites for hydroxylation is 1. The standard InChI is InChI=1S/C26H23FN2O3/c1-2-17-6-10-19(11-7-17)24(30)22-23(21-5-3-4-15-28-21)29(26(32)25(22)31)16-14-18-8-12-20(27)13-9-18/h3-13,15,23,30H,2,14,16H2,1H3/b24-22-. The van der Waals surface area contributed by atoms with Crippen molar-refractivity contribution in [2.24, 2.45) is 0 Å². The van der Waals surface area contributed by atoms with Crippen LogP contribution in [0, 0.1) is 5.82 Å². The molecule has 1 atom stereocenters. The molecule has 1 aromatic heterocycles. The van der Waals surface area contributed by atoms with Crippen LogP contribution in [0.1, 0.15) is 35.3 Å². The van der Waals surface area contributed by atoms with Crippen molar-refractivity contribution in [3.63, 3.8) is 0 Å². The number of carbonyl (C=O) groups excluding carboxylic acids is 2. The highest BCUT2D eigenvalue weighted by Crippen LogP contribution is 2.38. The highest BCUT2D eigenvalue weighted by molar-refractivity contribution is 6.46. The second-order valence-electron chi connectivity index (χ2n) is 7.67. The van der Waals surface area contributed by atoms with E-state index >= 15 is 0 Å². The summed E-state index contributed by atoms with van der Waals surface area (Å²) in [5.74, 6) is -1.98. The Balaban J connectivity index is 1.73. The second-order valence-corrected chi connectivity index (χ2v) is 7.67. The fraction of sp³-hybridized carbons (Fsp3) is 0.192. The third-order valence-corrected chi connectivity index (χ3v) is 5.70. The highest BCUT2D eigenvalue weighted by atomic mass is 19.1. The minimum atomic E-state index is -0.803. The van der Waals surface area contributed by atoms with Gasteiger partial charge in [0.2, 0.25) is 0 Å². The topological polar surface area (TPSA) is 70.5 Å². The molecule has 0 radical (unpaired) electrons. The van der Waals surface area contributed by atoms with E-state index in [0.717, 1.165) is 17.5 Å². The second kappa shape index (κ2) is 9.14. The molecule has 1 aliphatic heterocycles. The molecule has 32 heavy (non-hydrogen) atoms. The Kier molecular flexibility index (Phi) is 6.12. The van der Waals surface area contributed by atoms with E-state index in [1.165, 1.54) is 17.0 Å².